The van der Waals surface area contributed by atoms with E-state index in [9.17, 15) is 0 Å². The van der Waals surface area contributed by atoms with Gasteiger partial charge in [-0.2, -0.15) is 0 Å². The average molecular weight is 226 g/mol. The highest BCUT2D eigenvalue weighted by Crippen LogP contribution is 2.12. The van der Waals surface area contributed by atoms with E-state index in [0.717, 1.165) is 0 Å². The van der Waals surface area contributed by atoms with Crippen molar-refractivity contribution in [2.45, 2.75) is 6.92 Å². The minimum absolute atomic E-state index is 0.579. The molecule has 0 amide bonds. The first-order valence-electron chi connectivity index (χ1n) is 4.00. The SMILES string of the molecule is CCO[SiH](OC)[Si](OC)(OC)OC. The molecule has 0 aliphatic carbocycles. The minimum Gasteiger partial charge on any atom is -0.397 e. The lowest BCUT2D eigenvalue weighted by atomic mass is 10.9. The van der Waals surface area contributed by atoms with Gasteiger partial charge in [-0.15, -0.1) is 0 Å². The second kappa shape index (κ2) is 6.65. The second-order valence-corrected chi connectivity index (χ2v) is 9.67. The minimum atomic E-state index is -2.67. The lowest BCUT2D eigenvalue weighted by molar-refractivity contribution is 0.121. The molecular formula is C6H18O5Si2. The molecule has 0 aromatic carbocycles. The van der Waals surface area contributed by atoms with Crippen molar-refractivity contribution in [3.8, 4) is 0 Å². The Hall–Kier alpha value is 0.234. The molecule has 0 bridgehead atoms. The van der Waals surface area contributed by atoms with Crippen LogP contribution in [0.2, 0.25) is 0 Å². The molecule has 7 heteroatoms. The maximum Gasteiger partial charge on any atom is 0.534 e. The Bertz CT molecular complexity index is 122. The molecule has 0 rings (SSSR count). The summed E-state index contributed by atoms with van der Waals surface area (Å²) in [5.41, 5.74) is 0. The van der Waals surface area contributed by atoms with Crippen LogP contribution in [-0.2, 0) is 22.1 Å². The van der Waals surface area contributed by atoms with Gasteiger partial charge in [-0.1, -0.05) is 0 Å². The van der Waals surface area contributed by atoms with Crippen LogP contribution < -0.4 is 0 Å². The third-order valence-electron chi connectivity index (χ3n) is 1.67. The van der Waals surface area contributed by atoms with Crippen molar-refractivity contribution in [2.24, 2.45) is 0 Å². The molecule has 0 saturated carbocycles. The maximum atomic E-state index is 5.43. The topological polar surface area (TPSA) is 46.2 Å². The van der Waals surface area contributed by atoms with Crippen LogP contribution in [-0.4, -0.2) is 52.2 Å². The van der Waals surface area contributed by atoms with Crippen LogP contribution in [0.1, 0.15) is 6.92 Å². The Morgan fingerprint density at radius 2 is 1.46 bits per heavy atom. The molecule has 0 aliphatic rings. The summed E-state index contributed by atoms with van der Waals surface area (Å²) < 4.78 is 26.4. The van der Waals surface area contributed by atoms with Gasteiger partial charge >= 0.3 is 17.1 Å². The lowest BCUT2D eigenvalue weighted by Gasteiger charge is -2.28. The standard InChI is InChI=1S/C6H18O5Si2/c1-6-11-12(7-2)13(8-3,9-4)10-5/h12H,6H2,1-5H3. The van der Waals surface area contributed by atoms with Crippen molar-refractivity contribution in [2.75, 3.05) is 35.0 Å². The molecule has 5 nitrogen and oxygen atoms in total. The molecule has 0 aliphatic heterocycles. The fraction of sp³-hybridized carbons (Fsp3) is 1.00. The van der Waals surface area contributed by atoms with Gasteiger partial charge in [-0.05, 0) is 6.92 Å². The Morgan fingerprint density at radius 1 is 1.00 bits per heavy atom. The Balaban J connectivity index is 4.45. The molecule has 0 saturated heterocycles. The van der Waals surface area contributed by atoms with Gasteiger partial charge in [0, 0.05) is 35.0 Å². The zero-order valence-electron chi connectivity index (χ0n) is 8.83. The molecule has 1 atom stereocenters. The summed E-state index contributed by atoms with van der Waals surface area (Å²) in [6.45, 7) is 2.48. The second-order valence-electron chi connectivity index (χ2n) is 2.24. The predicted octanol–water partition coefficient (Wildman–Crippen LogP) is -0.154. The molecule has 13 heavy (non-hydrogen) atoms. The average Bonchev–Trinajstić information content (AvgIpc) is 2.19. The Kier molecular flexibility index (Phi) is 6.77. The number of hydrogen-bond acceptors (Lipinski definition) is 5. The highest BCUT2D eigenvalue weighted by Gasteiger charge is 2.52. The molecule has 0 aromatic rings. The van der Waals surface area contributed by atoms with Crippen molar-refractivity contribution >= 4 is 17.1 Å². The highest BCUT2D eigenvalue weighted by atomic mass is 29.3. The summed E-state index contributed by atoms with van der Waals surface area (Å²) in [6.07, 6.45) is 0. The largest absolute Gasteiger partial charge is 0.534 e. The van der Waals surface area contributed by atoms with Crippen molar-refractivity contribution < 1.29 is 22.1 Å². The summed E-state index contributed by atoms with van der Waals surface area (Å²) in [7, 11) is 1.58. The van der Waals surface area contributed by atoms with E-state index in [1.807, 2.05) is 6.92 Å². The Labute approximate surface area is 81.9 Å². The van der Waals surface area contributed by atoms with E-state index in [1.54, 1.807) is 28.4 Å². The van der Waals surface area contributed by atoms with E-state index in [4.69, 9.17) is 22.1 Å². The molecule has 0 aromatic heterocycles. The molecule has 0 spiro atoms. The highest BCUT2D eigenvalue weighted by molar-refractivity contribution is 7.19. The van der Waals surface area contributed by atoms with Crippen molar-refractivity contribution in [1.29, 1.82) is 0 Å². The van der Waals surface area contributed by atoms with Crippen molar-refractivity contribution in [1.82, 2.24) is 0 Å². The normalized spacial score (nSPS) is 14.5. The van der Waals surface area contributed by atoms with Gasteiger partial charge in [-0.25, -0.2) is 0 Å². The van der Waals surface area contributed by atoms with E-state index >= 15 is 0 Å². The van der Waals surface area contributed by atoms with E-state index < -0.39 is 17.1 Å². The third-order valence-corrected chi connectivity index (χ3v) is 10.1. The van der Waals surface area contributed by atoms with Gasteiger partial charge in [0.25, 0.3) is 0 Å². The van der Waals surface area contributed by atoms with Crippen LogP contribution in [0.15, 0.2) is 0 Å². The summed E-state index contributed by atoms with van der Waals surface area (Å²) >= 11 is 0. The molecule has 1 unspecified atom stereocenters. The summed E-state index contributed by atoms with van der Waals surface area (Å²) in [6, 6.07) is 0. The summed E-state index contributed by atoms with van der Waals surface area (Å²) in [4.78, 5) is 0. The first-order valence-corrected chi connectivity index (χ1v) is 8.48. The maximum absolute atomic E-state index is 5.43. The molecular weight excluding hydrogens is 208 g/mol. The van der Waals surface area contributed by atoms with Gasteiger partial charge in [-0.3, -0.25) is 0 Å². The van der Waals surface area contributed by atoms with Gasteiger partial charge in [0.1, 0.15) is 0 Å². The van der Waals surface area contributed by atoms with Gasteiger partial charge < -0.3 is 22.1 Å². The zero-order valence-corrected chi connectivity index (χ0v) is 11.0. The van der Waals surface area contributed by atoms with E-state index in [1.165, 1.54) is 0 Å². The van der Waals surface area contributed by atoms with Gasteiger partial charge in [0.2, 0.25) is 0 Å². The lowest BCUT2D eigenvalue weighted by Crippen LogP contribution is -2.60. The molecule has 80 valence electrons. The van der Waals surface area contributed by atoms with Crippen LogP contribution in [0.4, 0.5) is 0 Å². The Morgan fingerprint density at radius 3 is 1.69 bits per heavy atom. The molecule has 0 radical (unpaired) electrons. The van der Waals surface area contributed by atoms with Crippen molar-refractivity contribution in [3.05, 3.63) is 0 Å². The van der Waals surface area contributed by atoms with Gasteiger partial charge in [0.05, 0.1) is 0 Å². The van der Waals surface area contributed by atoms with Crippen molar-refractivity contribution in [3.63, 3.8) is 0 Å². The van der Waals surface area contributed by atoms with Crippen LogP contribution in [0.5, 0.6) is 0 Å². The first kappa shape index (κ1) is 13.2. The van der Waals surface area contributed by atoms with Crippen LogP contribution in [0.25, 0.3) is 0 Å². The quantitative estimate of drug-likeness (QED) is 0.565. The van der Waals surface area contributed by atoms with Gasteiger partial charge in [0.15, 0.2) is 0 Å². The van der Waals surface area contributed by atoms with E-state index in [2.05, 4.69) is 0 Å². The first-order chi connectivity index (χ1) is 6.20. The molecule has 0 heterocycles. The smallest absolute Gasteiger partial charge is 0.397 e. The number of rotatable bonds is 7. The summed E-state index contributed by atoms with van der Waals surface area (Å²) in [5, 5.41) is 0. The zero-order chi connectivity index (χ0) is 10.3. The fourth-order valence-corrected chi connectivity index (χ4v) is 6.72. The monoisotopic (exact) mass is 226 g/mol. The van der Waals surface area contributed by atoms with E-state index in [-0.39, 0.29) is 0 Å². The fourth-order valence-electron chi connectivity index (χ4n) is 1.00. The van der Waals surface area contributed by atoms with E-state index in [0.29, 0.717) is 6.61 Å². The molecule has 0 fully saturated rings. The third kappa shape index (κ3) is 3.13. The summed E-state index contributed by atoms with van der Waals surface area (Å²) in [5.74, 6) is 0. The van der Waals surface area contributed by atoms with Crippen LogP contribution in [0.3, 0.4) is 0 Å². The van der Waals surface area contributed by atoms with Crippen LogP contribution >= 0.6 is 0 Å². The molecule has 0 N–H and O–H groups in total. The number of hydrogen-bond donors (Lipinski definition) is 0. The van der Waals surface area contributed by atoms with Crippen LogP contribution in [0, 0.1) is 0 Å². The predicted molar refractivity (Wildman–Crippen MR) is 52.6 cm³/mol.